The average molecular weight is 388 g/mol. The molecule has 1 aromatic heterocycles. The Bertz CT molecular complexity index is 874. The van der Waals surface area contributed by atoms with Crippen LogP contribution in [0.5, 0.6) is 11.5 Å². The maximum atomic E-state index is 11.8. The number of carbonyl (C=O) groups excluding carboxylic acids is 3. The lowest BCUT2D eigenvalue weighted by molar-refractivity contribution is -0.150. The Kier molecular flexibility index (Phi) is 5.53. The SMILES string of the molecule is CC1(C)Cc2cccc(OCC(=O)OCC(=O)NNC(=O)c3ccco3)c2O1. The van der Waals surface area contributed by atoms with E-state index >= 15 is 0 Å². The van der Waals surface area contributed by atoms with E-state index in [2.05, 4.69) is 10.9 Å². The maximum Gasteiger partial charge on any atom is 0.344 e. The fourth-order valence-electron chi connectivity index (χ4n) is 2.66. The topological polar surface area (TPSA) is 116 Å². The minimum absolute atomic E-state index is 0.0338. The number of hydrogen-bond donors (Lipinski definition) is 2. The fourth-order valence-corrected chi connectivity index (χ4v) is 2.66. The van der Waals surface area contributed by atoms with Crippen LogP contribution in [0.25, 0.3) is 0 Å². The molecule has 0 bridgehead atoms. The molecule has 1 aromatic carbocycles. The van der Waals surface area contributed by atoms with Gasteiger partial charge in [0.25, 0.3) is 5.91 Å². The highest BCUT2D eigenvalue weighted by Gasteiger charge is 2.32. The van der Waals surface area contributed by atoms with Crippen LogP contribution in [0.3, 0.4) is 0 Å². The third-order valence-corrected chi connectivity index (χ3v) is 3.83. The molecule has 3 rings (SSSR count). The Morgan fingerprint density at radius 3 is 2.68 bits per heavy atom. The number of furan rings is 1. The van der Waals surface area contributed by atoms with Crippen LogP contribution in [-0.2, 0) is 20.7 Å². The first-order chi connectivity index (χ1) is 13.3. The van der Waals surface area contributed by atoms with Gasteiger partial charge in [-0.05, 0) is 32.0 Å². The number of para-hydroxylation sites is 1. The molecule has 0 saturated carbocycles. The summed E-state index contributed by atoms with van der Waals surface area (Å²) in [7, 11) is 0. The number of ether oxygens (including phenoxy) is 3. The Balaban J connectivity index is 1.40. The zero-order chi connectivity index (χ0) is 20.1. The van der Waals surface area contributed by atoms with Gasteiger partial charge in [-0.15, -0.1) is 0 Å². The first kappa shape index (κ1) is 19.3. The lowest BCUT2D eigenvalue weighted by Crippen LogP contribution is -2.43. The molecule has 9 nitrogen and oxygen atoms in total. The molecule has 2 heterocycles. The quantitative estimate of drug-likeness (QED) is 0.567. The molecular weight excluding hydrogens is 368 g/mol. The predicted octanol–water partition coefficient (Wildman–Crippen LogP) is 1.38. The third kappa shape index (κ3) is 4.81. The minimum Gasteiger partial charge on any atom is -0.483 e. The Morgan fingerprint density at radius 1 is 1.11 bits per heavy atom. The van der Waals surface area contributed by atoms with Crippen molar-refractivity contribution in [3.05, 3.63) is 47.9 Å². The van der Waals surface area contributed by atoms with Crippen LogP contribution in [-0.4, -0.2) is 36.6 Å². The van der Waals surface area contributed by atoms with Gasteiger partial charge in [0.1, 0.15) is 5.60 Å². The summed E-state index contributed by atoms with van der Waals surface area (Å²) in [5.41, 5.74) is 4.91. The largest absolute Gasteiger partial charge is 0.483 e. The van der Waals surface area contributed by atoms with E-state index in [4.69, 9.17) is 18.6 Å². The van der Waals surface area contributed by atoms with Crippen LogP contribution >= 0.6 is 0 Å². The van der Waals surface area contributed by atoms with Gasteiger partial charge in [-0.3, -0.25) is 20.4 Å². The molecule has 0 saturated heterocycles. The van der Waals surface area contributed by atoms with Crippen molar-refractivity contribution >= 4 is 17.8 Å². The van der Waals surface area contributed by atoms with E-state index < -0.39 is 24.4 Å². The van der Waals surface area contributed by atoms with Crippen molar-refractivity contribution in [2.24, 2.45) is 0 Å². The second-order valence-electron chi connectivity index (χ2n) is 6.71. The number of benzene rings is 1. The van der Waals surface area contributed by atoms with Gasteiger partial charge in [-0.25, -0.2) is 4.79 Å². The van der Waals surface area contributed by atoms with Crippen LogP contribution in [0.15, 0.2) is 41.0 Å². The summed E-state index contributed by atoms with van der Waals surface area (Å²) in [6.45, 7) is 2.98. The summed E-state index contributed by atoms with van der Waals surface area (Å²) in [5.74, 6) is -0.990. The molecule has 2 aromatic rings. The molecule has 9 heteroatoms. The summed E-state index contributed by atoms with van der Waals surface area (Å²) in [4.78, 5) is 35.0. The van der Waals surface area contributed by atoms with Crippen molar-refractivity contribution < 1.29 is 33.0 Å². The summed E-state index contributed by atoms with van der Waals surface area (Å²) in [6.07, 6.45) is 2.07. The standard InChI is InChI=1S/C19H20N2O7/c1-19(2)9-12-5-3-6-13(17(12)28-19)26-11-16(23)27-10-15(22)20-21-18(24)14-7-4-8-25-14/h3-8H,9-11H2,1-2H3,(H,20,22)(H,21,24). The summed E-state index contributed by atoms with van der Waals surface area (Å²) in [6, 6.07) is 8.43. The van der Waals surface area contributed by atoms with Gasteiger partial charge >= 0.3 is 11.9 Å². The van der Waals surface area contributed by atoms with Crippen LogP contribution in [0.4, 0.5) is 0 Å². The lowest BCUT2D eigenvalue weighted by atomic mass is 10.0. The van der Waals surface area contributed by atoms with Crippen molar-refractivity contribution in [1.82, 2.24) is 10.9 Å². The predicted molar refractivity (Wildman–Crippen MR) is 95.6 cm³/mol. The zero-order valence-electron chi connectivity index (χ0n) is 15.4. The Labute approximate surface area is 160 Å². The molecule has 0 aliphatic carbocycles. The molecule has 2 amide bonds. The Morgan fingerprint density at radius 2 is 1.93 bits per heavy atom. The first-order valence-electron chi connectivity index (χ1n) is 8.56. The summed E-state index contributed by atoms with van der Waals surface area (Å²) >= 11 is 0. The van der Waals surface area contributed by atoms with Gasteiger partial charge in [0.15, 0.2) is 30.5 Å². The normalized spacial score (nSPS) is 13.8. The van der Waals surface area contributed by atoms with Crippen molar-refractivity contribution in [1.29, 1.82) is 0 Å². The molecule has 0 atom stereocenters. The van der Waals surface area contributed by atoms with Crippen molar-refractivity contribution in [2.45, 2.75) is 25.9 Å². The van der Waals surface area contributed by atoms with E-state index in [0.717, 1.165) is 12.0 Å². The van der Waals surface area contributed by atoms with Crippen LogP contribution in [0, 0.1) is 0 Å². The maximum absolute atomic E-state index is 11.8. The highest BCUT2D eigenvalue weighted by Crippen LogP contribution is 2.41. The molecule has 0 radical (unpaired) electrons. The number of carbonyl (C=O) groups is 3. The second-order valence-corrected chi connectivity index (χ2v) is 6.71. The molecule has 0 spiro atoms. The van der Waals surface area contributed by atoms with Gasteiger partial charge in [0, 0.05) is 12.0 Å². The monoisotopic (exact) mass is 388 g/mol. The summed E-state index contributed by atoms with van der Waals surface area (Å²) < 4.78 is 21.0. The lowest BCUT2D eigenvalue weighted by Gasteiger charge is -2.18. The number of hydrogen-bond acceptors (Lipinski definition) is 7. The number of nitrogens with one attached hydrogen (secondary N) is 2. The third-order valence-electron chi connectivity index (χ3n) is 3.83. The fraction of sp³-hybridized carbons (Fsp3) is 0.316. The van der Waals surface area contributed by atoms with Crippen molar-refractivity contribution in [3.8, 4) is 11.5 Å². The summed E-state index contributed by atoms with van der Waals surface area (Å²) in [5, 5.41) is 0. The van der Waals surface area contributed by atoms with Crippen LogP contribution in [0.1, 0.15) is 30.0 Å². The highest BCUT2D eigenvalue weighted by atomic mass is 16.6. The molecule has 1 aliphatic heterocycles. The number of hydrazine groups is 1. The van der Waals surface area contributed by atoms with Crippen molar-refractivity contribution in [3.63, 3.8) is 0 Å². The van der Waals surface area contributed by atoms with Crippen LogP contribution < -0.4 is 20.3 Å². The van der Waals surface area contributed by atoms with E-state index in [-0.39, 0.29) is 18.0 Å². The van der Waals surface area contributed by atoms with Crippen molar-refractivity contribution in [2.75, 3.05) is 13.2 Å². The minimum atomic E-state index is -0.734. The molecule has 2 N–H and O–H groups in total. The van der Waals surface area contributed by atoms with E-state index in [1.54, 1.807) is 6.07 Å². The van der Waals surface area contributed by atoms with Gasteiger partial charge in [0.2, 0.25) is 0 Å². The van der Waals surface area contributed by atoms with E-state index in [0.29, 0.717) is 11.5 Å². The second kappa shape index (κ2) is 8.03. The van der Waals surface area contributed by atoms with Gasteiger partial charge in [-0.1, -0.05) is 12.1 Å². The number of esters is 1. The van der Waals surface area contributed by atoms with E-state index in [1.807, 2.05) is 26.0 Å². The van der Waals surface area contributed by atoms with E-state index in [9.17, 15) is 14.4 Å². The molecule has 148 valence electrons. The van der Waals surface area contributed by atoms with Gasteiger partial charge < -0.3 is 18.6 Å². The average Bonchev–Trinajstić information content (AvgIpc) is 3.29. The van der Waals surface area contributed by atoms with Gasteiger partial charge in [-0.2, -0.15) is 0 Å². The Hall–Kier alpha value is -3.49. The first-order valence-corrected chi connectivity index (χ1v) is 8.56. The molecule has 0 unspecified atom stereocenters. The molecule has 1 aliphatic rings. The smallest absolute Gasteiger partial charge is 0.344 e. The number of amides is 2. The van der Waals surface area contributed by atoms with Crippen LogP contribution in [0.2, 0.25) is 0 Å². The number of fused-ring (bicyclic) bond motifs is 1. The van der Waals surface area contributed by atoms with E-state index in [1.165, 1.54) is 18.4 Å². The molecule has 28 heavy (non-hydrogen) atoms. The molecular formula is C19H20N2O7. The molecule has 0 fully saturated rings. The highest BCUT2D eigenvalue weighted by molar-refractivity contribution is 5.93. The zero-order valence-corrected chi connectivity index (χ0v) is 15.4. The van der Waals surface area contributed by atoms with Gasteiger partial charge in [0.05, 0.1) is 6.26 Å². The number of rotatable bonds is 6.